The highest BCUT2D eigenvalue weighted by Crippen LogP contribution is 2.38. The molecule has 2 aromatic carbocycles. The number of aromatic nitrogens is 2. The molecule has 1 fully saturated rings. The van der Waals surface area contributed by atoms with Crippen LogP contribution < -0.4 is 9.64 Å². The van der Waals surface area contributed by atoms with Gasteiger partial charge in [0.15, 0.2) is 11.6 Å². The molecule has 1 unspecified atom stereocenters. The van der Waals surface area contributed by atoms with Crippen LogP contribution in [0.2, 0.25) is 0 Å². The van der Waals surface area contributed by atoms with Crippen LogP contribution >= 0.6 is 0 Å². The molecular weight excluding hydrogens is 398 g/mol. The van der Waals surface area contributed by atoms with Crippen LogP contribution in [-0.2, 0) is 0 Å². The van der Waals surface area contributed by atoms with Gasteiger partial charge in [-0.1, -0.05) is 5.16 Å². The molecule has 0 radical (unpaired) electrons. The molecule has 1 aromatic heterocycles. The lowest BCUT2D eigenvalue weighted by Gasteiger charge is -2.32. The van der Waals surface area contributed by atoms with Crippen LogP contribution in [0.3, 0.4) is 0 Å². The number of benzene rings is 2. The van der Waals surface area contributed by atoms with Gasteiger partial charge >= 0.3 is 0 Å². The summed E-state index contributed by atoms with van der Waals surface area (Å²) in [4.78, 5) is 17.1. The predicted octanol–water partition coefficient (Wildman–Crippen LogP) is 4.32. The fourth-order valence-electron chi connectivity index (χ4n) is 3.60. The van der Waals surface area contributed by atoms with Crippen molar-refractivity contribution in [2.24, 2.45) is 0 Å². The van der Waals surface area contributed by atoms with Crippen LogP contribution in [0.5, 0.6) is 5.75 Å². The number of methoxy groups -OCH3 is 1. The molecule has 8 nitrogen and oxygen atoms in total. The van der Waals surface area contributed by atoms with Crippen molar-refractivity contribution >= 4 is 11.4 Å². The molecule has 2 heterocycles. The lowest BCUT2D eigenvalue weighted by molar-refractivity contribution is -0.384. The van der Waals surface area contributed by atoms with E-state index < -0.39 is 10.7 Å². The molecule has 1 saturated heterocycles. The zero-order valence-corrected chi connectivity index (χ0v) is 16.0. The van der Waals surface area contributed by atoms with Crippen molar-refractivity contribution in [3.63, 3.8) is 0 Å². The first-order valence-electron chi connectivity index (χ1n) is 9.32. The largest absolute Gasteiger partial charge is 0.494 e. The van der Waals surface area contributed by atoms with Gasteiger partial charge in [0.05, 0.1) is 24.0 Å². The highest BCUT2D eigenvalue weighted by molar-refractivity contribution is 5.66. The maximum absolute atomic E-state index is 14.0. The van der Waals surface area contributed by atoms with E-state index in [9.17, 15) is 18.9 Å². The summed E-state index contributed by atoms with van der Waals surface area (Å²) in [6.45, 7) is 0.950. The smallest absolute Gasteiger partial charge is 0.295 e. The Labute approximate surface area is 170 Å². The van der Waals surface area contributed by atoms with Gasteiger partial charge in [-0.05, 0) is 37.1 Å². The zero-order chi connectivity index (χ0) is 21.3. The third-order valence-electron chi connectivity index (χ3n) is 5.10. The van der Waals surface area contributed by atoms with E-state index in [-0.39, 0.29) is 28.9 Å². The topological polar surface area (TPSA) is 94.5 Å². The molecule has 0 amide bonds. The summed E-state index contributed by atoms with van der Waals surface area (Å²) in [5.41, 5.74) is 0.575. The second-order valence-corrected chi connectivity index (χ2v) is 6.98. The Hall–Kier alpha value is -3.56. The van der Waals surface area contributed by atoms with Crippen LogP contribution in [0.25, 0.3) is 11.4 Å². The predicted molar refractivity (Wildman–Crippen MR) is 103 cm³/mol. The molecule has 1 atom stereocenters. The van der Waals surface area contributed by atoms with Gasteiger partial charge in [-0.25, -0.2) is 8.78 Å². The summed E-state index contributed by atoms with van der Waals surface area (Å²) in [7, 11) is 1.31. The lowest BCUT2D eigenvalue weighted by Crippen LogP contribution is -2.35. The highest BCUT2D eigenvalue weighted by Gasteiger charge is 2.31. The fraction of sp³-hybridized carbons (Fsp3) is 0.300. The summed E-state index contributed by atoms with van der Waals surface area (Å²) in [6, 6.07) is 7.96. The van der Waals surface area contributed by atoms with Gasteiger partial charge in [0, 0.05) is 24.7 Å². The minimum absolute atomic E-state index is 0.0610. The molecule has 0 aliphatic carbocycles. The molecule has 4 rings (SSSR count). The van der Waals surface area contributed by atoms with Crippen molar-refractivity contribution in [2.75, 3.05) is 25.1 Å². The number of nitro benzene ring substituents is 1. The minimum atomic E-state index is -0.789. The quantitative estimate of drug-likeness (QED) is 0.452. The summed E-state index contributed by atoms with van der Waals surface area (Å²) in [5, 5.41) is 15.4. The Kier molecular flexibility index (Phi) is 5.30. The second-order valence-electron chi connectivity index (χ2n) is 6.98. The normalized spacial score (nSPS) is 16.5. The molecule has 3 aromatic rings. The van der Waals surface area contributed by atoms with E-state index in [1.54, 1.807) is 17.0 Å². The van der Waals surface area contributed by atoms with Gasteiger partial charge in [-0.15, -0.1) is 0 Å². The first kappa shape index (κ1) is 19.7. The second kappa shape index (κ2) is 8.05. The monoisotopic (exact) mass is 416 g/mol. The van der Waals surface area contributed by atoms with E-state index >= 15 is 0 Å². The third-order valence-corrected chi connectivity index (χ3v) is 5.10. The van der Waals surface area contributed by atoms with Gasteiger partial charge in [-0.2, -0.15) is 4.98 Å². The van der Waals surface area contributed by atoms with Gasteiger partial charge in [0.2, 0.25) is 11.7 Å². The standard InChI is InChI=1S/C20H18F2N4O4/c1-29-18-10-16(17(26(27)28)9-15(18)22)25-8-2-3-13(11-25)20-23-19(24-30-20)12-4-6-14(21)7-5-12/h4-7,9-10,13H,2-3,8,11H2,1H3. The molecule has 30 heavy (non-hydrogen) atoms. The van der Waals surface area contributed by atoms with Crippen molar-refractivity contribution in [3.8, 4) is 17.1 Å². The maximum atomic E-state index is 14.0. The number of nitrogens with zero attached hydrogens (tertiary/aromatic N) is 4. The Bertz CT molecular complexity index is 1070. The third kappa shape index (κ3) is 3.80. The maximum Gasteiger partial charge on any atom is 0.295 e. The van der Waals surface area contributed by atoms with Crippen LogP contribution in [0.1, 0.15) is 24.7 Å². The summed E-state index contributed by atoms with van der Waals surface area (Å²) >= 11 is 0. The van der Waals surface area contributed by atoms with Crippen molar-refractivity contribution < 1.29 is 23.0 Å². The number of ether oxygens (including phenoxy) is 1. The minimum Gasteiger partial charge on any atom is -0.494 e. The van der Waals surface area contributed by atoms with Gasteiger partial charge in [0.25, 0.3) is 5.69 Å². The molecule has 10 heteroatoms. The average Bonchev–Trinajstić information content (AvgIpc) is 3.24. The van der Waals surface area contributed by atoms with E-state index in [1.807, 2.05) is 0 Å². The van der Waals surface area contributed by atoms with Crippen molar-refractivity contribution in [1.29, 1.82) is 0 Å². The summed E-state index contributed by atoms with van der Waals surface area (Å²) in [6.07, 6.45) is 1.49. The molecule has 0 spiro atoms. The van der Waals surface area contributed by atoms with Gasteiger partial charge in [-0.3, -0.25) is 10.1 Å². The molecule has 1 aliphatic rings. The lowest BCUT2D eigenvalue weighted by atomic mass is 9.97. The van der Waals surface area contributed by atoms with Crippen LogP contribution in [0, 0.1) is 21.7 Å². The number of hydrogen-bond donors (Lipinski definition) is 0. The molecule has 1 aliphatic heterocycles. The number of hydrogen-bond acceptors (Lipinski definition) is 7. The van der Waals surface area contributed by atoms with Crippen LogP contribution in [0.15, 0.2) is 40.9 Å². The number of anilines is 1. The number of halogens is 2. The van der Waals surface area contributed by atoms with Crippen molar-refractivity contribution in [3.05, 3.63) is 64.0 Å². The number of rotatable bonds is 5. The van der Waals surface area contributed by atoms with Gasteiger partial charge in [0.1, 0.15) is 11.5 Å². The van der Waals surface area contributed by atoms with E-state index in [0.29, 0.717) is 30.4 Å². The molecule has 156 valence electrons. The first-order chi connectivity index (χ1) is 14.5. The fourth-order valence-corrected chi connectivity index (χ4v) is 3.60. The Balaban J connectivity index is 1.60. The van der Waals surface area contributed by atoms with E-state index in [4.69, 9.17) is 9.26 Å². The van der Waals surface area contributed by atoms with Crippen LogP contribution in [0.4, 0.5) is 20.2 Å². The Morgan fingerprint density at radius 2 is 2.03 bits per heavy atom. The first-order valence-corrected chi connectivity index (χ1v) is 9.32. The average molecular weight is 416 g/mol. The van der Waals surface area contributed by atoms with Gasteiger partial charge < -0.3 is 14.2 Å². The molecule has 0 bridgehead atoms. The van der Waals surface area contributed by atoms with Crippen LogP contribution in [-0.4, -0.2) is 35.3 Å². The molecule has 0 saturated carbocycles. The van der Waals surface area contributed by atoms with E-state index in [1.165, 1.54) is 25.3 Å². The zero-order valence-electron chi connectivity index (χ0n) is 16.0. The molecular formula is C20H18F2N4O4. The highest BCUT2D eigenvalue weighted by atomic mass is 19.1. The van der Waals surface area contributed by atoms with E-state index in [2.05, 4.69) is 10.1 Å². The van der Waals surface area contributed by atoms with Crippen molar-refractivity contribution in [2.45, 2.75) is 18.8 Å². The SMILES string of the molecule is COc1cc(N2CCCC(c3nc(-c4ccc(F)cc4)no3)C2)c([N+](=O)[O-])cc1F. The Morgan fingerprint density at radius 1 is 1.27 bits per heavy atom. The number of piperidine rings is 1. The number of nitro groups is 1. The summed E-state index contributed by atoms with van der Waals surface area (Å²) < 4.78 is 37.5. The van der Waals surface area contributed by atoms with Crippen molar-refractivity contribution in [1.82, 2.24) is 10.1 Å². The Morgan fingerprint density at radius 3 is 2.73 bits per heavy atom. The summed E-state index contributed by atoms with van der Waals surface area (Å²) in [5.74, 6) is -0.624. The van der Waals surface area contributed by atoms with E-state index in [0.717, 1.165) is 18.9 Å². The molecule has 0 N–H and O–H groups in total.